The molecule has 1 aliphatic carbocycles. The normalized spacial score (nSPS) is 20.8. The molecule has 0 bridgehead atoms. The molecule has 0 atom stereocenters. The van der Waals surface area contributed by atoms with Crippen LogP contribution in [0.1, 0.15) is 55.2 Å². The summed E-state index contributed by atoms with van der Waals surface area (Å²) >= 11 is 0. The summed E-state index contributed by atoms with van der Waals surface area (Å²) in [7, 11) is 0. The highest BCUT2D eigenvalue weighted by molar-refractivity contribution is 5.30. The first-order valence-electron chi connectivity index (χ1n) is 9.32. The summed E-state index contributed by atoms with van der Waals surface area (Å²) in [5.41, 5.74) is 3.70. The maximum absolute atomic E-state index is 12.2. The molecule has 1 fully saturated rings. The minimum atomic E-state index is -4.64. The maximum Gasteiger partial charge on any atom is 0.573 e. The van der Waals surface area contributed by atoms with Gasteiger partial charge < -0.3 is 4.74 Å². The summed E-state index contributed by atoms with van der Waals surface area (Å²) in [6.45, 7) is 2.33. The zero-order valence-corrected chi connectivity index (χ0v) is 15.1. The first kappa shape index (κ1) is 18.8. The Kier molecular flexibility index (Phi) is 5.90. The second-order valence-electron chi connectivity index (χ2n) is 7.39. The number of benzene rings is 2. The van der Waals surface area contributed by atoms with Crippen molar-refractivity contribution in [2.75, 3.05) is 0 Å². The molecule has 0 heterocycles. The molecular weight excluding hydrogens is 337 g/mol. The Morgan fingerprint density at radius 3 is 1.81 bits per heavy atom. The first-order valence-corrected chi connectivity index (χ1v) is 9.32. The van der Waals surface area contributed by atoms with Gasteiger partial charge in [0.1, 0.15) is 5.75 Å². The van der Waals surface area contributed by atoms with Crippen LogP contribution in [0, 0.1) is 5.92 Å². The van der Waals surface area contributed by atoms with Crippen LogP contribution in [0.2, 0.25) is 0 Å². The van der Waals surface area contributed by atoms with E-state index < -0.39 is 6.36 Å². The van der Waals surface area contributed by atoms with Crippen LogP contribution in [0.25, 0.3) is 0 Å². The van der Waals surface area contributed by atoms with E-state index in [1.807, 2.05) is 0 Å². The van der Waals surface area contributed by atoms with E-state index in [4.69, 9.17) is 0 Å². The lowest BCUT2D eigenvalue weighted by Crippen LogP contribution is -2.17. The standard InChI is InChI=1S/C22H25F3O/c1-16-2-10-19(11-3-16)20-12-6-17(7-13-20)4-5-18-8-14-21(15-9-18)26-22(23,24)25/h6-9,12-16,19H,2-5,10-11H2,1H3. The second kappa shape index (κ2) is 8.15. The van der Waals surface area contributed by atoms with Crippen molar-refractivity contribution in [2.45, 2.75) is 57.7 Å². The van der Waals surface area contributed by atoms with Crippen LogP contribution in [-0.4, -0.2) is 6.36 Å². The van der Waals surface area contributed by atoms with E-state index in [1.165, 1.54) is 48.9 Å². The molecule has 140 valence electrons. The highest BCUT2D eigenvalue weighted by atomic mass is 19.4. The third-order valence-corrected chi connectivity index (χ3v) is 5.33. The van der Waals surface area contributed by atoms with Crippen LogP contribution in [0.3, 0.4) is 0 Å². The molecule has 0 aromatic heterocycles. The van der Waals surface area contributed by atoms with Gasteiger partial charge in [0.25, 0.3) is 0 Å². The Hall–Kier alpha value is -1.97. The lowest BCUT2D eigenvalue weighted by Gasteiger charge is -2.26. The van der Waals surface area contributed by atoms with Gasteiger partial charge in [-0.2, -0.15) is 0 Å². The third-order valence-electron chi connectivity index (χ3n) is 5.33. The van der Waals surface area contributed by atoms with Crippen molar-refractivity contribution < 1.29 is 17.9 Å². The fourth-order valence-corrected chi connectivity index (χ4v) is 3.70. The van der Waals surface area contributed by atoms with Gasteiger partial charge >= 0.3 is 6.36 Å². The third kappa shape index (κ3) is 5.52. The van der Waals surface area contributed by atoms with Gasteiger partial charge in [0.2, 0.25) is 0 Å². The van der Waals surface area contributed by atoms with Crippen molar-refractivity contribution in [3.8, 4) is 5.75 Å². The lowest BCUT2D eigenvalue weighted by atomic mass is 9.79. The fraction of sp³-hybridized carbons (Fsp3) is 0.455. The first-order chi connectivity index (χ1) is 12.4. The van der Waals surface area contributed by atoms with E-state index in [1.54, 1.807) is 12.1 Å². The number of hydrogen-bond donors (Lipinski definition) is 0. The molecule has 1 nitrogen and oxygen atoms in total. The Morgan fingerprint density at radius 1 is 0.808 bits per heavy atom. The quantitative estimate of drug-likeness (QED) is 0.577. The minimum absolute atomic E-state index is 0.174. The number of aryl methyl sites for hydroxylation is 2. The molecule has 4 heteroatoms. The Bertz CT molecular complexity index is 681. The molecule has 2 aromatic rings. The summed E-state index contributed by atoms with van der Waals surface area (Å²) in [6.07, 6.45) is 2.24. The van der Waals surface area contributed by atoms with Crippen LogP contribution < -0.4 is 4.74 Å². The number of halogens is 3. The van der Waals surface area contributed by atoms with E-state index in [9.17, 15) is 13.2 Å². The van der Waals surface area contributed by atoms with Gasteiger partial charge in [0.15, 0.2) is 0 Å². The summed E-state index contributed by atoms with van der Waals surface area (Å²) in [5.74, 6) is 1.38. The monoisotopic (exact) mass is 362 g/mol. The number of ether oxygens (including phenoxy) is 1. The molecule has 0 radical (unpaired) electrons. The van der Waals surface area contributed by atoms with Gasteiger partial charge in [-0.05, 0) is 66.3 Å². The van der Waals surface area contributed by atoms with Gasteiger partial charge in [-0.3, -0.25) is 0 Å². The fourth-order valence-electron chi connectivity index (χ4n) is 3.70. The number of rotatable bonds is 5. The number of alkyl halides is 3. The molecule has 0 saturated heterocycles. The molecule has 0 N–H and O–H groups in total. The average Bonchev–Trinajstić information content (AvgIpc) is 2.61. The smallest absolute Gasteiger partial charge is 0.406 e. The number of hydrogen-bond acceptors (Lipinski definition) is 1. The minimum Gasteiger partial charge on any atom is -0.406 e. The highest BCUT2D eigenvalue weighted by Gasteiger charge is 2.30. The molecule has 3 rings (SSSR count). The topological polar surface area (TPSA) is 9.23 Å². The van der Waals surface area contributed by atoms with Crippen molar-refractivity contribution >= 4 is 0 Å². The lowest BCUT2D eigenvalue weighted by molar-refractivity contribution is -0.274. The van der Waals surface area contributed by atoms with E-state index >= 15 is 0 Å². The Balaban J connectivity index is 1.52. The van der Waals surface area contributed by atoms with Crippen LogP contribution in [0.5, 0.6) is 5.75 Å². The van der Waals surface area contributed by atoms with Crippen LogP contribution in [0.15, 0.2) is 48.5 Å². The molecule has 1 aliphatic rings. The van der Waals surface area contributed by atoms with E-state index in [2.05, 4.69) is 35.9 Å². The van der Waals surface area contributed by atoms with Gasteiger partial charge in [-0.1, -0.05) is 56.2 Å². The highest BCUT2D eigenvalue weighted by Crippen LogP contribution is 2.35. The SMILES string of the molecule is CC1CCC(c2ccc(CCc3ccc(OC(F)(F)F)cc3)cc2)CC1. The summed E-state index contributed by atoms with van der Waals surface area (Å²) in [6, 6.07) is 15.0. The van der Waals surface area contributed by atoms with Crippen LogP contribution >= 0.6 is 0 Å². The summed E-state index contributed by atoms with van der Waals surface area (Å²) in [5, 5.41) is 0. The zero-order chi connectivity index (χ0) is 18.6. The van der Waals surface area contributed by atoms with Gasteiger partial charge in [-0.25, -0.2) is 0 Å². The van der Waals surface area contributed by atoms with E-state index in [-0.39, 0.29) is 5.75 Å². The maximum atomic E-state index is 12.2. The van der Waals surface area contributed by atoms with Gasteiger partial charge in [0, 0.05) is 0 Å². The molecule has 0 spiro atoms. The summed E-state index contributed by atoms with van der Waals surface area (Å²) in [4.78, 5) is 0. The van der Waals surface area contributed by atoms with Gasteiger partial charge in [-0.15, -0.1) is 13.2 Å². The average molecular weight is 362 g/mol. The molecule has 2 aromatic carbocycles. The molecule has 26 heavy (non-hydrogen) atoms. The molecule has 0 aliphatic heterocycles. The van der Waals surface area contributed by atoms with Crippen molar-refractivity contribution in [1.82, 2.24) is 0 Å². The molecule has 0 amide bonds. The molecular formula is C22H25F3O. The van der Waals surface area contributed by atoms with E-state index in [0.29, 0.717) is 5.92 Å². The molecule has 1 saturated carbocycles. The Labute approximate surface area is 153 Å². The predicted octanol–water partition coefficient (Wildman–Crippen LogP) is 6.66. The van der Waals surface area contributed by atoms with Crippen molar-refractivity contribution in [2.24, 2.45) is 5.92 Å². The zero-order valence-electron chi connectivity index (χ0n) is 15.1. The van der Waals surface area contributed by atoms with Crippen molar-refractivity contribution in [3.05, 3.63) is 65.2 Å². The summed E-state index contributed by atoms with van der Waals surface area (Å²) < 4.78 is 40.4. The molecule has 0 unspecified atom stereocenters. The Morgan fingerprint density at radius 2 is 1.31 bits per heavy atom. The predicted molar refractivity (Wildman–Crippen MR) is 97.3 cm³/mol. The largest absolute Gasteiger partial charge is 0.573 e. The van der Waals surface area contributed by atoms with E-state index in [0.717, 1.165) is 24.3 Å². The second-order valence-corrected chi connectivity index (χ2v) is 7.39. The van der Waals surface area contributed by atoms with Gasteiger partial charge in [0.05, 0.1) is 0 Å². The van der Waals surface area contributed by atoms with Crippen LogP contribution in [0.4, 0.5) is 13.2 Å². The van der Waals surface area contributed by atoms with Crippen molar-refractivity contribution in [1.29, 1.82) is 0 Å². The van der Waals surface area contributed by atoms with Crippen LogP contribution in [-0.2, 0) is 12.8 Å². The van der Waals surface area contributed by atoms with Crippen molar-refractivity contribution in [3.63, 3.8) is 0 Å².